The van der Waals surface area contributed by atoms with Gasteiger partial charge in [-0.05, 0) is 25.2 Å². The van der Waals surface area contributed by atoms with E-state index in [1.807, 2.05) is 23.0 Å². The van der Waals surface area contributed by atoms with Crippen molar-refractivity contribution in [1.29, 1.82) is 0 Å². The SMILES string of the molecule is CCCNc1cn2ccnc2c(NCC2CCCCC2)n1. The molecule has 2 aromatic rings. The van der Waals surface area contributed by atoms with E-state index in [0.29, 0.717) is 0 Å². The van der Waals surface area contributed by atoms with Crippen molar-refractivity contribution in [2.45, 2.75) is 45.4 Å². The van der Waals surface area contributed by atoms with E-state index in [1.165, 1.54) is 32.1 Å². The first kappa shape index (κ1) is 14.2. The Labute approximate surface area is 126 Å². The maximum atomic E-state index is 4.69. The van der Waals surface area contributed by atoms with Crippen LogP contribution in [0.2, 0.25) is 0 Å². The van der Waals surface area contributed by atoms with Crippen molar-refractivity contribution in [1.82, 2.24) is 14.4 Å². The molecule has 114 valence electrons. The summed E-state index contributed by atoms with van der Waals surface area (Å²) in [7, 11) is 0. The smallest absolute Gasteiger partial charge is 0.180 e. The molecule has 2 aromatic heterocycles. The van der Waals surface area contributed by atoms with Crippen molar-refractivity contribution in [3.8, 4) is 0 Å². The maximum absolute atomic E-state index is 4.69. The van der Waals surface area contributed by atoms with E-state index in [2.05, 4.69) is 27.5 Å². The second kappa shape index (κ2) is 6.78. The Hall–Kier alpha value is -1.78. The van der Waals surface area contributed by atoms with Gasteiger partial charge in [-0.15, -0.1) is 0 Å². The molecule has 21 heavy (non-hydrogen) atoms. The Balaban J connectivity index is 1.73. The standard InChI is InChI=1S/C16H25N5/c1-2-8-17-14-12-21-10-9-18-16(21)15(20-14)19-11-13-6-4-3-5-7-13/h9-10,12-13,17H,2-8,11H2,1H3,(H,19,20). The quantitative estimate of drug-likeness (QED) is 0.853. The van der Waals surface area contributed by atoms with Gasteiger partial charge in [0.2, 0.25) is 0 Å². The predicted octanol–water partition coefficient (Wildman–Crippen LogP) is 3.54. The lowest BCUT2D eigenvalue weighted by atomic mass is 9.89. The molecule has 1 saturated carbocycles. The van der Waals surface area contributed by atoms with Gasteiger partial charge in [0, 0.05) is 25.5 Å². The number of nitrogens with one attached hydrogen (secondary N) is 2. The number of hydrogen-bond donors (Lipinski definition) is 2. The lowest BCUT2D eigenvalue weighted by Gasteiger charge is -2.22. The number of fused-ring (bicyclic) bond motifs is 1. The van der Waals surface area contributed by atoms with Gasteiger partial charge in [-0.25, -0.2) is 9.97 Å². The Kier molecular flexibility index (Phi) is 4.58. The maximum Gasteiger partial charge on any atom is 0.180 e. The topological polar surface area (TPSA) is 54.2 Å². The van der Waals surface area contributed by atoms with Crippen LogP contribution in [0, 0.1) is 5.92 Å². The highest BCUT2D eigenvalue weighted by Gasteiger charge is 2.14. The molecule has 5 nitrogen and oxygen atoms in total. The highest BCUT2D eigenvalue weighted by atomic mass is 15.1. The van der Waals surface area contributed by atoms with Crippen molar-refractivity contribution in [2.75, 3.05) is 23.7 Å². The van der Waals surface area contributed by atoms with Gasteiger partial charge in [0.1, 0.15) is 5.82 Å². The summed E-state index contributed by atoms with van der Waals surface area (Å²) < 4.78 is 2.04. The number of anilines is 2. The third-order valence-corrected chi connectivity index (χ3v) is 4.21. The van der Waals surface area contributed by atoms with E-state index >= 15 is 0 Å². The zero-order valence-electron chi connectivity index (χ0n) is 12.8. The third-order valence-electron chi connectivity index (χ3n) is 4.21. The predicted molar refractivity (Wildman–Crippen MR) is 86.8 cm³/mol. The average molecular weight is 287 g/mol. The summed E-state index contributed by atoms with van der Waals surface area (Å²) in [5.74, 6) is 2.59. The zero-order valence-corrected chi connectivity index (χ0v) is 12.8. The fourth-order valence-electron chi connectivity index (χ4n) is 3.02. The van der Waals surface area contributed by atoms with Crippen LogP contribution in [0.4, 0.5) is 11.6 Å². The van der Waals surface area contributed by atoms with Gasteiger partial charge in [-0.2, -0.15) is 0 Å². The minimum atomic E-state index is 0.780. The van der Waals surface area contributed by atoms with Gasteiger partial charge >= 0.3 is 0 Å². The molecule has 0 amide bonds. The molecule has 0 aliphatic heterocycles. The largest absolute Gasteiger partial charge is 0.369 e. The summed E-state index contributed by atoms with van der Waals surface area (Å²) in [5, 5.41) is 6.88. The Morgan fingerprint density at radius 3 is 2.90 bits per heavy atom. The molecule has 0 atom stereocenters. The molecular weight excluding hydrogens is 262 g/mol. The van der Waals surface area contributed by atoms with Crippen molar-refractivity contribution in [3.05, 3.63) is 18.6 Å². The van der Waals surface area contributed by atoms with Gasteiger partial charge < -0.3 is 15.0 Å². The molecule has 0 bridgehead atoms. The zero-order chi connectivity index (χ0) is 14.5. The number of nitrogens with zero attached hydrogens (tertiary/aromatic N) is 3. The van der Waals surface area contributed by atoms with Gasteiger partial charge in [-0.3, -0.25) is 0 Å². The molecule has 0 radical (unpaired) electrons. The van der Waals surface area contributed by atoms with Crippen LogP contribution < -0.4 is 10.6 Å². The van der Waals surface area contributed by atoms with E-state index < -0.39 is 0 Å². The van der Waals surface area contributed by atoms with Gasteiger partial charge in [-0.1, -0.05) is 26.2 Å². The summed E-state index contributed by atoms with van der Waals surface area (Å²) in [4.78, 5) is 9.10. The second-order valence-corrected chi connectivity index (χ2v) is 5.94. The normalized spacial score (nSPS) is 16.2. The average Bonchev–Trinajstić information content (AvgIpc) is 3.00. The van der Waals surface area contributed by atoms with Gasteiger partial charge in [0.25, 0.3) is 0 Å². The first-order chi connectivity index (χ1) is 10.4. The number of hydrogen-bond acceptors (Lipinski definition) is 4. The molecule has 0 aromatic carbocycles. The monoisotopic (exact) mass is 287 g/mol. The van der Waals surface area contributed by atoms with Crippen LogP contribution in [-0.2, 0) is 0 Å². The Bertz CT molecular complexity index is 571. The molecule has 1 aliphatic rings. The molecule has 5 heteroatoms. The number of aromatic nitrogens is 3. The number of imidazole rings is 1. The summed E-state index contributed by atoms with van der Waals surface area (Å²) in [6.45, 7) is 4.10. The summed E-state index contributed by atoms with van der Waals surface area (Å²) in [5.41, 5.74) is 0.910. The number of rotatable bonds is 6. The Morgan fingerprint density at radius 2 is 2.10 bits per heavy atom. The van der Waals surface area contributed by atoms with Crippen LogP contribution in [0.25, 0.3) is 5.65 Å². The molecular formula is C16H25N5. The first-order valence-corrected chi connectivity index (χ1v) is 8.18. The van der Waals surface area contributed by atoms with Crippen molar-refractivity contribution in [2.24, 2.45) is 5.92 Å². The van der Waals surface area contributed by atoms with Gasteiger partial charge in [0.05, 0.1) is 6.20 Å². The van der Waals surface area contributed by atoms with Crippen LogP contribution in [0.3, 0.4) is 0 Å². The first-order valence-electron chi connectivity index (χ1n) is 8.18. The molecule has 0 unspecified atom stereocenters. The van der Waals surface area contributed by atoms with E-state index in [9.17, 15) is 0 Å². The molecule has 2 heterocycles. The van der Waals surface area contributed by atoms with E-state index in [1.54, 1.807) is 0 Å². The lowest BCUT2D eigenvalue weighted by molar-refractivity contribution is 0.373. The van der Waals surface area contributed by atoms with Crippen molar-refractivity contribution in [3.63, 3.8) is 0 Å². The molecule has 3 rings (SSSR count). The molecule has 0 spiro atoms. The third kappa shape index (κ3) is 3.46. The summed E-state index contributed by atoms with van der Waals surface area (Å²) in [6, 6.07) is 0. The fourth-order valence-corrected chi connectivity index (χ4v) is 3.02. The van der Waals surface area contributed by atoms with E-state index in [0.717, 1.165) is 42.7 Å². The summed E-state index contributed by atoms with van der Waals surface area (Å²) >= 11 is 0. The van der Waals surface area contributed by atoms with Crippen molar-refractivity contribution >= 4 is 17.3 Å². The molecule has 1 fully saturated rings. The highest BCUT2D eigenvalue weighted by molar-refractivity contribution is 5.65. The van der Waals surface area contributed by atoms with Crippen LogP contribution in [0.1, 0.15) is 45.4 Å². The second-order valence-electron chi connectivity index (χ2n) is 5.94. The van der Waals surface area contributed by atoms with Crippen LogP contribution >= 0.6 is 0 Å². The molecule has 1 aliphatic carbocycles. The molecule has 2 N–H and O–H groups in total. The molecule has 0 saturated heterocycles. The minimum absolute atomic E-state index is 0.780. The summed E-state index contributed by atoms with van der Waals surface area (Å²) in [6.07, 6.45) is 13.7. The van der Waals surface area contributed by atoms with Gasteiger partial charge in [0.15, 0.2) is 11.5 Å². The highest BCUT2D eigenvalue weighted by Crippen LogP contribution is 2.24. The minimum Gasteiger partial charge on any atom is -0.369 e. The van der Waals surface area contributed by atoms with E-state index in [-0.39, 0.29) is 0 Å². The fraction of sp³-hybridized carbons (Fsp3) is 0.625. The van der Waals surface area contributed by atoms with Crippen LogP contribution in [-0.4, -0.2) is 27.5 Å². The Morgan fingerprint density at radius 1 is 1.24 bits per heavy atom. The van der Waals surface area contributed by atoms with Crippen molar-refractivity contribution < 1.29 is 0 Å². The van der Waals surface area contributed by atoms with Crippen LogP contribution in [0.15, 0.2) is 18.6 Å². The van der Waals surface area contributed by atoms with Crippen LogP contribution in [0.5, 0.6) is 0 Å². The van der Waals surface area contributed by atoms with E-state index in [4.69, 9.17) is 0 Å². The lowest BCUT2D eigenvalue weighted by Crippen LogP contribution is -2.18.